The van der Waals surface area contributed by atoms with Crippen LogP contribution in [0.5, 0.6) is 0 Å². The van der Waals surface area contributed by atoms with Gasteiger partial charge in [-0.3, -0.25) is 4.79 Å². The highest BCUT2D eigenvalue weighted by Gasteiger charge is 2.24. The summed E-state index contributed by atoms with van der Waals surface area (Å²) in [5.41, 5.74) is 0.253. The second kappa shape index (κ2) is 5.00. The lowest BCUT2D eigenvalue weighted by molar-refractivity contribution is 0.110. The molecule has 2 aromatic rings. The Bertz CT molecular complexity index is 622. The summed E-state index contributed by atoms with van der Waals surface area (Å²) in [6, 6.07) is 1.72. The van der Waals surface area contributed by atoms with Gasteiger partial charge in [0.2, 0.25) is 0 Å². The maximum absolute atomic E-state index is 12.7. The van der Waals surface area contributed by atoms with E-state index in [0.717, 1.165) is 4.68 Å². The van der Waals surface area contributed by atoms with Crippen molar-refractivity contribution in [2.24, 2.45) is 0 Å². The van der Waals surface area contributed by atoms with Crippen molar-refractivity contribution in [2.45, 2.75) is 20.3 Å². The standard InChI is InChI=1S/C11H9ClF2N4O/c1-5-3-6(2)16-11(15-5)18-9(12)7(4-19)8(17-18)10(13)14/h3-4,10H,1-2H3. The van der Waals surface area contributed by atoms with Gasteiger partial charge in [0.05, 0.1) is 5.56 Å². The number of carbonyl (C=O) groups is 1. The number of alkyl halides is 2. The van der Waals surface area contributed by atoms with Gasteiger partial charge in [0.25, 0.3) is 12.4 Å². The Labute approximate surface area is 112 Å². The highest BCUT2D eigenvalue weighted by molar-refractivity contribution is 6.32. The van der Waals surface area contributed by atoms with Crippen molar-refractivity contribution in [1.29, 1.82) is 0 Å². The van der Waals surface area contributed by atoms with E-state index >= 15 is 0 Å². The molecule has 2 rings (SSSR count). The number of hydrogen-bond donors (Lipinski definition) is 0. The molecule has 0 radical (unpaired) electrons. The molecule has 2 aromatic heterocycles. The van der Waals surface area contributed by atoms with Gasteiger partial charge in [-0.15, -0.1) is 0 Å². The van der Waals surface area contributed by atoms with Crippen LogP contribution in [0.15, 0.2) is 6.07 Å². The van der Waals surface area contributed by atoms with Gasteiger partial charge in [-0.1, -0.05) is 11.6 Å². The molecule has 0 aliphatic heterocycles. The summed E-state index contributed by atoms with van der Waals surface area (Å²) >= 11 is 5.87. The molecule has 0 N–H and O–H groups in total. The first kappa shape index (κ1) is 13.5. The van der Waals surface area contributed by atoms with E-state index in [1.165, 1.54) is 0 Å². The number of aryl methyl sites for hydroxylation is 2. The first-order chi connectivity index (χ1) is 8.93. The molecule has 2 heterocycles. The van der Waals surface area contributed by atoms with Crippen LogP contribution in [0, 0.1) is 13.8 Å². The molecule has 0 unspecified atom stereocenters. The van der Waals surface area contributed by atoms with Crippen molar-refractivity contribution >= 4 is 17.9 Å². The Hall–Kier alpha value is -1.89. The Balaban J connectivity index is 2.65. The Morgan fingerprint density at radius 1 is 1.32 bits per heavy atom. The Morgan fingerprint density at radius 2 is 1.89 bits per heavy atom. The largest absolute Gasteiger partial charge is 0.298 e. The summed E-state index contributed by atoms with van der Waals surface area (Å²) in [6.07, 6.45) is -2.65. The fourth-order valence-electron chi connectivity index (χ4n) is 1.63. The fourth-order valence-corrected chi connectivity index (χ4v) is 1.88. The smallest absolute Gasteiger partial charge is 0.282 e. The van der Waals surface area contributed by atoms with Gasteiger partial charge in [-0.05, 0) is 19.9 Å². The zero-order valence-electron chi connectivity index (χ0n) is 10.1. The molecule has 0 atom stereocenters. The van der Waals surface area contributed by atoms with Gasteiger partial charge in [0, 0.05) is 11.4 Å². The van der Waals surface area contributed by atoms with Crippen molar-refractivity contribution < 1.29 is 13.6 Å². The lowest BCUT2D eigenvalue weighted by atomic mass is 10.3. The minimum atomic E-state index is -2.90. The molecule has 0 fully saturated rings. The van der Waals surface area contributed by atoms with Gasteiger partial charge < -0.3 is 0 Å². The molecule has 100 valence electrons. The molecular weight excluding hydrogens is 278 g/mol. The molecule has 0 aliphatic rings. The topological polar surface area (TPSA) is 60.7 Å². The molecular formula is C11H9ClF2N4O. The second-order valence-electron chi connectivity index (χ2n) is 3.87. The number of hydrogen-bond acceptors (Lipinski definition) is 4. The molecule has 5 nitrogen and oxygen atoms in total. The van der Waals surface area contributed by atoms with Crippen LogP contribution >= 0.6 is 11.6 Å². The molecule has 19 heavy (non-hydrogen) atoms. The highest BCUT2D eigenvalue weighted by Crippen LogP contribution is 2.27. The maximum Gasteiger partial charge on any atom is 0.282 e. The maximum atomic E-state index is 12.7. The van der Waals surface area contributed by atoms with Gasteiger partial charge in [0.1, 0.15) is 10.8 Å². The van der Waals surface area contributed by atoms with Crippen molar-refractivity contribution in [3.8, 4) is 5.95 Å². The van der Waals surface area contributed by atoms with E-state index in [2.05, 4.69) is 15.1 Å². The normalized spacial score (nSPS) is 11.1. The quantitative estimate of drug-likeness (QED) is 0.814. The zero-order chi connectivity index (χ0) is 14.2. The van der Waals surface area contributed by atoms with Crippen molar-refractivity contribution in [1.82, 2.24) is 19.7 Å². The zero-order valence-corrected chi connectivity index (χ0v) is 10.8. The SMILES string of the molecule is Cc1cc(C)nc(-n2nc(C(F)F)c(C=O)c2Cl)n1. The molecule has 0 amide bonds. The number of rotatable bonds is 3. The Kier molecular flexibility index (Phi) is 3.57. The van der Waals surface area contributed by atoms with Crippen molar-refractivity contribution in [2.75, 3.05) is 0 Å². The lowest BCUT2D eigenvalue weighted by Gasteiger charge is -2.03. The van der Waals surface area contributed by atoms with E-state index in [1.807, 2.05) is 0 Å². The fraction of sp³-hybridized carbons (Fsp3) is 0.273. The molecule has 8 heteroatoms. The van der Waals surface area contributed by atoms with Crippen molar-refractivity contribution in [3.63, 3.8) is 0 Å². The summed E-state index contributed by atoms with van der Waals surface area (Å²) in [6.45, 7) is 3.45. The van der Waals surface area contributed by atoms with Gasteiger partial charge >= 0.3 is 0 Å². The van der Waals surface area contributed by atoms with Crippen LogP contribution in [0.3, 0.4) is 0 Å². The second-order valence-corrected chi connectivity index (χ2v) is 4.23. The number of carbonyl (C=O) groups excluding carboxylic acids is 1. The third-order valence-electron chi connectivity index (χ3n) is 2.38. The third kappa shape index (κ3) is 2.46. The first-order valence-corrected chi connectivity index (χ1v) is 5.66. The van der Waals surface area contributed by atoms with Gasteiger partial charge in [-0.2, -0.15) is 9.78 Å². The van der Waals surface area contributed by atoms with E-state index < -0.39 is 12.1 Å². The molecule has 0 aromatic carbocycles. The van der Waals surface area contributed by atoms with Gasteiger partial charge in [0.15, 0.2) is 6.29 Å². The van der Waals surface area contributed by atoms with Crippen LogP contribution < -0.4 is 0 Å². The molecule has 0 spiro atoms. The average Bonchev–Trinajstić information content (AvgIpc) is 2.65. The lowest BCUT2D eigenvalue weighted by Crippen LogP contribution is -2.06. The van der Waals surface area contributed by atoms with Crippen molar-refractivity contribution in [3.05, 3.63) is 33.9 Å². The summed E-state index contributed by atoms with van der Waals surface area (Å²) in [7, 11) is 0. The predicted molar refractivity (Wildman–Crippen MR) is 64.0 cm³/mol. The van der Waals surface area contributed by atoms with E-state index in [0.29, 0.717) is 11.4 Å². The van der Waals surface area contributed by atoms with Crippen LogP contribution in [0.1, 0.15) is 33.9 Å². The van der Waals surface area contributed by atoms with Gasteiger partial charge in [-0.25, -0.2) is 18.7 Å². The van der Waals surface area contributed by atoms with E-state index in [-0.39, 0.29) is 23.0 Å². The summed E-state index contributed by atoms with van der Waals surface area (Å²) in [4.78, 5) is 18.9. The summed E-state index contributed by atoms with van der Waals surface area (Å²) in [5, 5.41) is 3.38. The predicted octanol–water partition coefficient (Wildman–Crippen LogP) is 2.68. The van der Waals surface area contributed by atoms with E-state index in [1.54, 1.807) is 19.9 Å². The van der Waals surface area contributed by atoms with Crippen LogP contribution in [-0.4, -0.2) is 26.0 Å². The monoisotopic (exact) mass is 286 g/mol. The molecule has 0 saturated carbocycles. The van der Waals surface area contributed by atoms with Crippen LogP contribution in [0.4, 0.5) is 8.78 Å². The summed E-state index contributed by atoms with van der Waals surface area (Å²) < 4.78 is 26.4. The number of nitrogens with zero attached hydrogens (tertiary/aromatic N) is 4. The van der Waals surface area contributed by atoms with Crippen LogP contribution in [-0.2, 0) is 0 Å². The highest BCUT2D eigenvalue weighted by atomic mass is 35.5. The minimum Gasteiger partial charge on any atom is -0.298 e. The summed E-state index contributed by atoms with van der Waals surface area (Å²) in [5.74, 6) is 0.0532. The third-order valence-corrected chi connectivity index (χ3v) is 2.74. The molecule has 0 saturated heterocycles. The minimum absolute atomic E-state index is 0.0532. The van der Waals surface area contributed by atoms with E-state index in [4.69, 9.17) is 11.6 Å². The number of aromatic nitrogens is 4. The van der Waals surface area contributed by atoms with Crippen LogP contribution in [0.25, 0.3) is 5.95 Å². The van der Waals surface area contributed by atoms with Crippen LogP contribution in [0.2, 0.25) is 5.15 Å². The Morgan fingerprint density at radius 3 is 2.32 bits per heavy atom. The van der Waals surface area contributed by atoms with E-state index in [9.17, 15) is 13.6 Å². The first-order valence-electron chi connectivity index (χ1n) is 5.28. The average molecular weight is 287 g/mol. The molecule has 0 bridgehead atoms. The molecule has 0 aliphatic carbocycles. The number of aldehydes is 1. The number of halogens is 3.